The maximum Gasteiger partial charge on any atom is 0.179 e. The summed E-state index contributed by atoms with van der Waals surface area (Å²) in [5, 5.41) is 19.5. The van der Waals surface area contributed by atoms with E-state index in [1.807, 2.05) is 0 Å². The second-order valence-corrected chi connectivity index (χ2v) is 8.77. The molecule has 3 heterocycles. The van der Waals surface area contributed by atoms with Gasteiger partial charge in [0, 0.05) is 44.3 Å². The van der Waals surface area contributed by atoms with Gasteiger partial charge in [-0.05, 0) is 24.1 Å². The van der Waals surface area contributed by atoms with Gasteiger partial charge in [0.05, 0.1) is 34.0 Å². The lowest BCUT2D eigenvalue weighted by atomic mass is 10.0. The highest BCUT2D eigenvalue weighted by Gasteiger charge is 2.31. The summed E-state index contributed by atoms with van der Waals surface area (Å²) in [4.78, 5) is 9.10. The van der Waals surface area contributed by atoms with Crippen LogP contribution in [0, 0.1) is 11.3 Å². The first-order chi connectivity index (χ1) is 12.5. The fourth-order valence-electron chi connectivity index (χ4n) is 3.95. The molecule has 1 fully saturated rings. The molecule has 0 radical (unpaired) electrons. The Morgan fingerprint density at radius 1 is 1.23 bits per heavy atom. The lowest BCUT2D eigenvalue weighted by molar-refractivity contribution is 0.189. The summed E-state index contributed by atoms with van der Waals surface area (Å²) in [6.07, 6.45) is 2.04. The van der Waals surface area contributed by atoms with Crippen molar-refractivity contribution in [1.82, 2.24) is 9.88 Å². The maximum absolute atomic E-state index is 12.3. The highest BCUT2D eigenvalue weighted by atomic mass is 32.2. The first kappa shape index (κ1) is 17.2. The Balaban J connectivity index is 1.86. The second-order valence-electron chi connectivity index (χ2n) is 6.69. The van der Waals surface area contributed by atoms with E-state index in [-0.39, 0.29) is 12.4 Å². The van der Waals surface area contributed by atoms with Crippen molar-refractivity contribution in [2.75, 3.05) is 50.0 Å². The number of aryl methyl sites for hydroxylation is 1. The quantitative estimate of drug-likeness (QED) is 0.840. The standard InChI is InChI=1S/C18H20N4O3S/c19-11-13-12-20-15-1-2-16-14(3-10-26(16,24)25)17(15)18(13)22-6-4-21(5-7-22)8-9-23/h1-2,12,23H,3-10H2. The monoisotopic (exact) mass is 372 g/mol. The molecule has 1 aromatic carbocycles. The van der Waals surface area contributed by atoms with Crippen LogP contribution in [0.25, 0.3) is 10.9 Å². The molecule has 136 valence electrons. The number of nitriles is 1. The van der Waals surface area contributed by atoms with Crippen LogP contribution in [0.4, 0.5) is 5.69 Å². The molecule has 0 spiro atoms. The number of anilines is 1. The van der Waals surface area contributed by atoms with Gasteiger partial charge in [0.15, 0.2) is 9.84 Å². The van der Waals surface area contributed by atoms with Crippen LogP contribution in [0.2, 0.25) is 0 Å². The van der Waals surface area contributed by atoms with Gasteiger partial charge in [0.25, 0.3) is 0 Å². The Morgan fingerprint density at radius 2 is 2.00 bits per heavy atom. The molecular formula is C18H20N4O3S. The molecule has 0 bridgehead atoms. The zero-order valence-corrected chi connectivity index (χ0v) is 15.2. The Bertz CT molecular complexity index is 1010. The molecule has 0 amide bonds. The fourth-order valence-corrected chi connectivity index (χ4v) is 5.50. The van der Waals surface area contributed by atoms with Crippen LogP contribution in [-0.4, -0.2) is 68.5 Å². The molecule has 0 saturated carbocycles. The van der Waals surface area contributed by atoms with E-state index in [1.54, 1.807) is 18.3 Å². The highest BCUT2D eigenvalue weighted by Crippen LogP contribution is 2.38. The van der Waals surface area contributed by atoms with Crippen LogP contribution in [0.1, 0.15) is 11.1 Å². The third-order valence-electron chi connectivity index (χ3n) is 5.25. The molecule has 2 aromatic rings. The second kappa shape index (κ2) is 6.50. The van der Waals surface area contributed by atoms with Gasteiger partial charge < -0.3 is 10.0 Å². The van der Waals surface area contributed by atoms with Crippen molar-refractivity contribution in [2.24, 2.45) is 0 Å². The Kier molecular flexibility index (Phi) is 4.31. The molecule has 1 aromatic heterocycles. The SMILES string of the molecule is N#Cc1cnc2ccc3c(c2c1N1CCN(CCO)CC1)CCS3(=O)=O. The van der Waals surface area contributed by atoms with E-state index in [0.29, 0.717) is 23.4 Å². The molecule has 0 atom stereocenters. The number of aliphatic hydroxyl groups is 1. The molecule has 0 aliphatic carbocycles. The van der Waals surface area contributed by atoms with Crippen LogP contribution < -0.4 is 4.90 Å². The van der Waals surface area contributed by atoms with E-state index >= 15 is 0 Å². The number of fused-ring (bicyclic) bond motifs is 3. The largest absolute Gasteiger partial charge is 0.395 e. The fraction of sp³-hybridized carbons (Fsp3) is 0.444. The van der Waals surface area contributed by atoms with Crippen molar-refractivity contribution in [3.05, 3.63) is 29.5 Å². The highest BCUT2D eigenvalue weighted by molar-refractivity contribution is 7.91. The van der Waals surface area contributed by atoms with E-state index < -0.39 is 9.84 Å². The van der Waals surface area contributed by atoms with Gasteiger partial charge in [0.1, 0.15) is 6.07 Å². The van der Waals surface area contributed by atoms with Gasteiger partial charge in [-0.1, -0.05) is 0 Å². The van der Waals surface area contributed by atoms with Crippen molar-refractivity contribution in [3.8, 4) is 6.07 Å². The van der Waals surface area contributed by atoms with Crippen LogP contribution in [0.5, 0.6) is 0 Å². The number of piperazine rings is 1. The molecule has 7 nitrogen and oxygen atoms in total. The summed E-state index contributed by atoms with van der Waals surface area (Å²) in [5.41, 5.74) is 2.80. The molecule has 0 unspecified atom stereocenters. The first-order valence-corrected chi connectivity index (χ1v) is 10.4. The topological polar surface area (TPSA) is 97.5 Å². The Morgan fingerprint density at radius 3 is 2.69 bits per heavy atom. The predicted molar refractivity (Wildman–Crippen MR) is 98.0 cm³/mol. The minimum Gasteiger partial charge on any atom is -0.395 e. The number of hydrogen-bond acceptors (Lipinski definition) is 7. The van der Waals surface area contributed by atoms with Crippen molar-refractivity contribution < 1.29 is 13.5 Å². The van der Waals surface area contributed by atoms with Gasteiger partial charge in [0.2, 0.25) is 0 Å². The molecule has 26 heavy (non-hydrogen) atoms. The van der Waals surface area contributed by atoms with Crippen LogP contribution >= 0.6 is 0 Å². The molecule has 8 heteroatoms. The molecule has 2 aliphatic heterocycles. The maximum atomic E-state index is 12.3. The van der Waals surface area contributed by atoms with E-state index in [0.717, 1.165) is 48.3 Å². The summed E-state index contributed by atoms with van der Waals surface area (Å²) in [5.74, 6) is 0.113. The Hall–Kier alpha value is -2.21. The zero-order chi connectivity index (χ0) is 18.3. The minimum absolute atomic E-state index is 0.113. The summed E-state index contributed by atoms with van der Waals surface area (Å²) in [7, 11) is -3.25. The molecule has 1 saturated heterocycles. The molecule has 1 N–H and O–H groups in total. The van der Waals surface area contributed by atoms with Crippen molar-refractivity contribution in [3.63, 3.8) is 0 Å². The molecular weight excluding hydrogens is 352 g/mol. The molecule has 2 aliphatic rings. The number of pyridine rings is 1. The van der Waals surface area contributed by atoms with Crippen molar-refractivity contribution in [2.45, 2.75) is 11.3 Å². The van der Waals surface area contributed by atoms with Gasteiger partial charge in [-0.25, -0.2) is 8.42 Å². The third-order valence-corrected chi connectivity index (χ3v) is 7.05. The smallest absolute Gasteiger partial charge is 0.179 e. The van der Waals surface area contributed by atoms with Gasteiger partial charge in [-0.2, -0.15) is 5.26 Å². The van der Waals surface area contributed by atoms with Gasteiger partial charge in [-0.3, -0.25) is 9.88 Å². The van der Waals surface area contributed by atoms with Crippen molar-refractivity contribution >= 4 is 26.4 Å². The number of aliphatic hydroxyl groups excluding tert-OH is 1. The van der Waals surface area contributed by atoms with Gasteiger partial charge in [-0.15, -0.1) is 0 Å². The van der Waals surface area contributed by atoms with Crippen molar-refractivity contribution in [1.29, 1.82) is 5.26 Å². The summed E-state index contributed by atoms with van der Waals surface area (Å²) >= 11 is 0. The van der Waals surface area contributed by atoms with E-state index in [1.165, 1.54) is 0 Å². The molecule has 4 rings (SSSR count). The minimum atomic E-state index is -3.25. The number of aromatic nitrogens is 1. The number of rotatable bonds is 3. The van der Waals surface area contributed by atoms with E-state index in [9.17, 15) is 13.7 Å². The van der Waals surface area contributed by atoms with E-state index in [4.69, 9.17) is 5.11 Å². The average Bonchev–Trinajstić information content (AvgIpc) is 2.97. The third kappa shape index (κ3) is 2.72. The Labute approximate surface area is 152 Å². The lowest BCUT2D eigenvalue weighted by Gasteiger charge is -2.36. The first-order valence-electron chi connectivity index (χ1n) is 8.71. The summed E-state index contributed by atoms with van der Waals surface area (Å²) < 4.78 is 24.6. The zero-order valence-electron chi connectivity index (χ0n) is 14.3. The number of benzene rings is 1. The number of nitrogens with zero attached hydrogens (tertiary/aromatic N) is 4. The number of β-amino-alcohol motifs (C(OH)–C–C–N with tert-alkyl or cyclic N) is 1. The lowest BCUT2D eigenvalue weighted by Crippen LogP contribution is -2.47. The summed E-state index contributed by atoms with van der Waals surface area (Å²) in [6.45, 7) is 3.82. The van der Waals surface area contributed by atoms with E-state index in [2.05, 4.69) is 20.9 Å². The number of sulfone groups is 1. The van der Waals surface area contributed by atoms with Crippen LogP contribution in [-0.2, 0) is 16.3 Å². The van der Waals surface area contributed by atoms with Gasteiger partial charge >= 0.3 is 0 Å². The summed E-state index contributed by atoms with van der Waals surface area (Å²) in [6, 6.07) is 5.61. The van der Waals surface area contributed by atoms with Crippen LogP contribution in [0.3, 0.4) is 0 Å². The number of hydrogen-bond donors (Lipinski definition) is 1. The van der Waals surface area contributed by atoms with Crippen LogP contribution in [0.15, 0.2) is 23.2 Å². The average molecular weight is 372 g/mol. The predicted octanol–water partition coefficient (Wildman–Crippen LogP) is 0.551. The normalized spacial score (nSPS) is 19.5.